The number of amides is 1. The lowest BCUT2D eigenvalue weighted by Crippen LogP contribution is -2.45. The van der Waals surface area contributed by atoms with Crippen LogP contribution >= 0.6 is 0 Å². The predicted molar refractivity (Wildman–Crippen MR) is 93.6 cm³/mol. The molecule has 5 nitrogen and oxygen atoms in total. The number of carbonyl (C=O) groups is 1. The molecular weight excluding hydrogens is 290 g/mol. The second-order valence-electron chi connectivity index (χ2n) is 7.01. The van der Waals surface area contributed by atoms with Gasteiger partial charge in [-0.15, -0.1) is 0 Å². The quantitative estimate of drug-likeness (QED) is 0.443. The summed E-state index contributed by atoms with van der Waals surface area (Å²) in [5.74, 6) is 0.00964. The van der Waals surface area contributed by atoms with Crippen molar-refractivity contribution in [2.75, 3.05) is 0 Å². The molecule has 0 aliphatic heterocycles. The van der Waals surface area contributed by atoms with E-state index < -0.39 is 0 Å². The molecule has 0 aromatic carbocycles. The normalized spacial score (nSPS) is 20.9. The zero-order valence-corrected chi connectivity index (χ0v) is 14.9. The Morgan fingerprint density at radius 1 is 0.913 bits per heavy atom. The SMILES string of the molecule is CC(=O)N(C(=NC1CCCCC1)ON=C(C)C)C1CCCCC1. The smallest absolute Gasteiger partial charge is 0.317 e. The first-order valence-electron chi connectivity index (χ1n) is 9.13. The molecule has 0 aromatic heterocycles. The summed E-state index contributed by atoms with van der Waals surface area (Å²) in [6, 6.07) is 0.880. The molecule has 0 heterocycles. The Morgan fingerprint density at radius 3 is 2.00 bits per heavy atom. The highest BCUT2D eigenvalue weighted by Gasteiger charge is 2.30. The van der Waals surface area contributed by atoms with Gasteiger partial charge in [0, 0.05) is 13.0 Å². The first kappa shape index (κ1) is 18.0. The van der Waals surface area contributed by atoms with Gasteiger partial charge >= 0.3 is 6.02 Å². The summed E-state index contributed by atoms with van der Waals surface area (Å²) in [5, 5.41) is 4.08. The van der Waals surface area contributed by atoms with Crippen LogP contribution in [-0.2, 0) is 9.63 Å². The molecule has 2 saturated carbocycles. The Labute approximate surface area is 140 Å². The van der Waals surface area contributed by atoms with Crippen molar-refractivity contribution in [3.63, 3.8) is 0 Å². The lowest BCUT2D eigenvalue weighted by molar-refractivity contribution is -0.128. The van der Waals surface area contributed by atoms with Crippen molar-refractivity contribution in [1.82, 2.24) is 4.90 Å². The number of aliphatic imine (C=N–C) groups is 1. The van der Waals surface area contributed by atoms with Gasteiger partial charge in [0.25, 0.3) is 0 Å². The molecule has 2 aliphatic rings. The van der Waals surface area contributed by atoms with Gasteiger partial charge in [-0.2, -0.15) is 0 Å². The van der Waals surface area contributed by atoms with Crippen LogP contribution in [0.15, 0.2) is 10.1 Å². The van der Waals surface area contributed by atoms with E-state index in [4.69, 9.17) is 9.83 Å². The van der Waals surface area contributed by atoms with Gasteiger partial charge in [0.15, 0.2) is 0 Å². The van der Waals surface area contributed by atoms with E-state index in [0.717, 1.165) is 31.4 Å². The molecule has 0 spiro atoms. The van der Waals surface area contributed by atoms with Crippen LogP contribution in [0, 0.1) is 0 Å². The Morgan fingerprint density at radius 2 is 1.48 bits per heavy atom. The van der Waals surface area contributed by atoms with Crippen LogP contribution in [-0.4, -0.2) is 34.6 Å². The van der Waals surface area contributed by atoms with Crippen LogP contribution in [0.5, 0.6) is 0 Å². The molecule has 2 fully saturated rings. The minimum Gasteiger partial charge on any atom is -0.317 e. The zero-order chi connectivity index (χ0) is 16.7. The molecule has 1 amide bonds. The minimum atomic E-state index is 0.00964. The molecule has 0 aromatic rings. The van der Waals surface area contributed by atoms with Gasteiger partial charge in [-0.05, 0) is 39.5 Å². The Kier molecular flexibility index (Phi) is 7.06. The second-order valence-corrected chi connectivity index (χ2v) is 7.01. The lowest BCUT2D eigenvalue weighted by Gasteiger charge is -2.33. The number of hydrogen-bond donors (Lipinski definition) is 0. The third kappa shape index (κ3) is 5.63. The molecule has 23 heavy (non-hydrogen) atoms. The lowest BCUT2D eigenvalue weighted by atomic mass is 9.94. The molecule has 0 saturated heterocycles. The van der Waals surface area contributed by atoms with Crippen molar-refractivity contribution in [3.8, 4) is 0 Å². The van der Waals surface area contributed by atoms with Gasteiger partial charge in [-0.3, -0.25) is 9.69 Å². The monoisotopic (exact) mass is 321 g/mol. The van der Waals surface area contributed by atoms with Gasteiger partial charge in [0.05, 0.1) is 11.8 Å². The van der Waals surface area contributed by atoms with Crippen molar-refractivity contribution in [3.05, 3.63) is 0 Å². The molecule has 130 valence electrons. The van der Waals surface area contributed by atoms with E-state index in [1.807, 2.05) is 13.8 Å². The van der Waals surface area contributed by atoms with Gasteiger partial charge in [-0.1, -0.05) is 43.7 Å². The Balaban J connectivity index is 2.21. The van der Waals surface area contributed by atoms with Gasteiger partial charge in [0.2, 0.25) is 5.91 Å². The third-order valence-corrected chi connectivity index (χ3v) is 4.66. The topological polar surface area (TPSA) is 54.3 Å². The molecule has 0 N–H and O–H groups in total. The number of oxime groups is 1. The molecule has 5 heteroatoms. The molecule has 0 unspecified atom stereocenters. The summed E-state index contributed by atoms with van der Waals surface area (Å²) in [6.07, 6.45) is 11.5. The maximum absolute atomic E-state index is 12.3. The maximum atomic E-state index is 12.3. The largest absolute Gasteiger partial charge is 0.324 e. The van der Waals surface area contributed by atoms with Crippen molar-refractivity contribution in [2.45, 2.75) is 97.1 Å². The molecule has 0 bridgehead atoms. The summed E-state index contributed by atoms with van der Waals surface area (Å²) in [5.41, 5.74) is 0.827. The van der Waals surface area contributed by atoms with Gasteiger partial charge in [0.1, 0.15) is 0 Å². The van der Waals surface area contributed by atoms with E-state index in [1.54, 1.807) is 11.8 Å². The van der Waals surface area contributed by atoms with E-state index in [1.165, 1.54) is 38.5 Å². The van der Waals surface area contributed by atoms with Crippen molar-refractivity contribution >= 4 is 17.6 Å². The third-order valence-electron chi connectivity index (χ3n) is 4.66. The number of hydrogen-bond acceptors (Lipinski definition) is 4. The summed E-state index contributed by atoms with van der Waals surface area (Å²) >= 11 is 0. The van der Waals surface area contributed by atoms with Crippen LogP contribution < -0.4 is 0 Å². The van der Waals surface area contributed by atoms with Crippen molar-refractivity contribution in [2.24, 2.45) is 10.1 Å². The summed E-state index contributed by atoms with van der Waals surface area (Å²) in [6.45, 7) is 5.38. The highest BCUT2D eigenvalue weighted by atomic mass is 16.6. The number of carbonyl (C=O) groups excluding carboxylic acids is 1. The van der Waals surface area contributed by atoms with E-state index in [-0.39, 0.29) is 18.0 Å². The maximum Gasteiger partial charge on any atom is 0.324 e. The second kappa shape index (κ2) is 9.04. The molecule has 0 radical (unpaired) electrons. The van der Waals surface area contributed by atoms with Crippen LogP contribution in [0.1, 0.15) is 85.0 Å². The zero-order valence-electron chi connectivity index (χ0n) is 14.9. The number of nitrogens with zero attached hydrogens (tertiary/aromatic N) is 3. The number of amidine groups is 1. The standard InChI is InChI=1S/C18H31N3O2/c1-14(2)20-23-18(19-16-10-6-4-7-11-16)21(15(3)22)17-12-8-5-9-13-17/h16-17H,4-13H2,1-3H3. The van der Waals surface area contributed by atoms with E-state index in [2.05, 4.69) is 5.16 Å². The highest BCUT2D eigenvalue weighted by molar-refractivity contribution is 5.94. The molecule has 2 aliphatic carbocycles. The minimum absolute atomic E-state index is 0.00964. The van der Waals surface area contributed by atoms with Gasteiger partial charge < -0.3 is 4.84 Å². The van der Waals surface area contributed by atoms with E-state index in [9.17, 15) is 4.79 Å². The average molecular weight is 321 g/mol. The fourth-order valence-corrected chi connectivity index (χ4v) is 3.52. The summed E-state index contributed by atoms with van der Waals surface area (Å²) < 4.78 is 0. The van der Waals surface area contributed by atoms with Crippen molar-refractivity contribution < 1.29 is 9.63 Å². The molecule has 2 rings (SSSR count). The van der Waals surface area contributed by atoms with E-state index in [0.29, 0.717) is 6.02 Å². The summed E-state index contributed by atoms with van der Waals surface area (Å²) in [4.78, 5) is 24.5. The fourth-order valence-electron chi connectivity index (χ4n) is 3.52. The molecular formula is C18H31N3O2. The van der Waals surface area contributed by atoms with Crippen molar-refractivity contribution in [1.29, 1.82) is 0 Å². The Bertz CT molecular complexity index is 443. The van der Waals surface area contributed by atoms with E-state index >= 15 is 0 Å². The van der Waals surface area contributed by atoms with Crippen LogP contribution in [0.2, 0.25) is 0 Å². The first-order valence-corrected chi connectivity index (χ1v) is 9.13. The summed E-state index contributed by atoms with van der Waals surface area (Å²) in [7, 11) is 0. The number of rotatable bonds is 3. The van der Waals surface area contributed by atoms with Crippen LogP contribution in [0.4, 0.5) is 0 Å². The Hall–Kier alpha value is -1.39. The van der Waals surface area contributed by atoms with Gasteiger partial charge in [-0.25, -0.2) is 4.99 Å². The van der Waals surface area contributed by atoms with Crippen LogP contribution in [0.3, 0.4) is 0 Å². The average Bonchev–Trinajstić information content (AvgIpc) is 2.54. The van der Waals surface area contributed by atoms with Crippen LogP contribution in [0.25, 0.3) is 0 Å². The first-order chi connectivity index (χ1) is 11.1. The fraction of sp³-hybridized carbons (Fsp3) is 0.833. The molecule has 0 atom stereocenters. The highest BCUT2D eigenvalue weighted by Crippen LogP contribution is 2.25. The predicted octanol–water partition coefficient (Wildman–Crippen LogP) is 4.27.